The van der Waals surface area contributed by atoms with Crippen LogP contribution in [0.4, 0.5) is 0 Å². The van der Waals surface area contributed by atoms with Crippen LogP contribution in [0.5, 0.6) is 0 Å². The first-order valence-electron chi connectivity index (χ1n) is 8.53. The van der Waals surface area contributed by atoms with Crippen LogP contribution in [0.1, 0.15) is 38.5 Å². The molecule has 0 aromatic heterocycles. The van der Waals surface area contributed by atoms with E-state index in [-0.39, 0.29) is 12.0 Å². The lowest BCUT2D eigenvalue weighted by Crippen LogP contribution is -2.42. The summed E-state index contributed by atoms with van der Waals surface area (Å²) >= 11 is 0. The molecule has 2 fully saturated rings. The first-order valence-corrected chi connectivity index (χ1v) is 8.53. The molecule has 2 saturated heterocycles. The fourth-order valence-electron chi connectivity index (χ4n) is 3.63. The van der Waals surface area contributed by atoms with Gasteiger partial charge in [0.05, 0.1) is 19.0 Å². The number of fused-ring (bicyclic) bond motifs is 1. The number of nitrogens with one attached hydrogen (secondary N) is 1. The molecule has 2 aliphatic heterocycles. The van der Waals surface area contributed by atoms with Crippen molar-refractivity contribution in [1.29, 1.82) is 0 Å². The van der Waals surface area contributed by atoms with Crippen molar-refractivity contribution in [2.75, 3.05) is 32.8 Å². The highest BCUT2D eigenvalue weighted by Gasteiger charge is 2.29. The average Bonchev–Trinajstić information content (AvgIpc) is 2.53. The molecule has 0 bridgehead atoms. The highest BCUT2D eigenvalue weighted by molar-refractivity contribution is 5.30. The smallest absolute Gasteiger partial charge is 0.0992 e. The van der Waals surface area contributed by atoms with E-state index < -0.39 is 0 Å². The van der Waals surface area contributed by atoms with E-state index in [0.29, 0.717) is 5.76 Å². The summed E-state index contributed by atoms with van der Waals surface area (Å²) in [6, 6.07) is 0.283. The van der Waals surface area contributed by atoms with Crippen molar-refractivity contribution in [2.45, 2.75) is 44.6 Å². The molecule has 2 atom stereocenters. The summed E-state index contributed by atoms with van der Waals surface area (Å²) in [7, 11) is 0. The SMILES string of the molecule is OC1=CC(N2CCOCC2)=CC2NCCCCCCCC12. The third kappa shape index (κ3) is 3.80. The Morgan fingerprint density at radius 2 is 1.86 bits per heavy atom. The van der Waals surface area contributed by atoms with E-state index in [2.05, 4.69) is 16.3 Å². The van der Waals surface area contributed by atoms with Gasteiger partial charge in [-0.25, -0.2) is 0 Å². The van der Waals surface area contributed by atoms with Crippen LogP contribution in [0, 0.1) is 5.92 Å². The van der Waals surface area contributed by atoms with Gasteiger partial charge in [0.1, 0.15) is 0 Å². The maximum atomic E-state index is 10.5. The van der Waals surface area contributed by atoms with E-state index in [0.717, 1.165) is 39.3 Å². The lowest BCUT2D eigenvalue weighted by Gasteiger charge is -2.36. The number of morpholine rings is 1. The minimum Gasteiger partial charge on any atom is -0.512 e. The quantitative estimate of drug-likeness (QED) is 0.780. The Labute approximate surface area is 127 Å². The normalized spacial score (nSPS) is 31.9. The summed E-state index contributed by atoms with van der Waals surface area (Å²) in [6.07, 6.45) is 11.8. The lowest BCUT2D eigenvalue weighted by atomic mass is 9.86. The molecule has 0 radical (unpaired) electrons. The van der Waals surface area contributed by atoms with Gasteiger partial charge in [-0.2, -0.15) is 0 Å². The number of allylic oxidation sites excluding steroid dienone is 1. The fourth-order valence-corrected chi connectivity index (χ4v) is 3.63. The van der Waals surface area contributed by atoms with E-state index in [1.54, 1.807) is 0 Å². The monoisotopic (exact) mass is 292 g/mol. The Balaban J connectivity index is 1.73. The highest BCUT2D eigenvalue weighted by atomic mass is 16.5. The van der Waals surface area contributed by atoms with Crippen LogP contribution < -0.4 is 5.32 Å². The Hall–Kier alpha value is -1.00. The van der Waals surface area contributed by atoms with Gasteiger partial charge in [0.15, 0.2) is 0 Å². The average molecular weight is 292 g/mol. The fraction of sp³-hybridized carbons (Fsp3) is 0.765. The van der Waals surface area contributed by atoms with Gasteiger partial charge in [-0.05, 0) is 31.5 Å². The topological polar surface area (TPSA) is 44.7 Å². The van der Waals surface area contributed by atoms with Crippen LogP contribution in [0.25, 0.3) is 0 Å². The maximum Gasteiger partial charge on any atom is 0.0992 e. The van der Waals surface area contributed by atoms with Crippen LogP contribution in [0.2, 0.25) is 0 Å². The molecule has 0 saturated carbocycles. The van der Waals surface area contributed by atoms with Crippen LogP contribution in [0.15, 0.2) is 23.6 Å². The van der Waals surface area contributed by atoms with Crippen molar-refractivity contribution in [3.8, 4) is 0 Å². The number of aliphatic hydroxyl groups is 1. The Bertz CT molecular complexity index is 400. The van der Waals surface area contributed by atoms with Crippen molar-refractivity contribution in [3.63, 3.8) is 0 Å². The largest absolute Gasteiger partial charge is 0.512 e. The second-order valence-corrected chi connectivity index (χ2v) is 6.40. The van der Waals surface area contributed by atoms with Crippen molar-refractivity contribution >= 4 is 0 Å². The van der Waals surface area contributed by atoms with Crippen LogP contribution in [-0.2, 0) is 4.74 Å². The van der Waals surface area contributed by atoms with Gasteiger partial charge in [-0.1, -0.05) is 25.7 Å². The molecule has 4 nitrogen and oxygen atoms in total. The maximum absolute atomic E-state index is 10.5. The predicted octanol–water partition coefficient (Wildman–Crippen LogP) is 2.59. The number of ether oxygens (including phenoxy) is 1. The van der Waals surface area contributed by atoms with Gasteiger partial charge in [-0.3, -0.25) is 0 Å². The second-order valence-electron chi connectivity index (χ2n) is 6.40. The molecule has 0 aromatic rings. The van der Waals surface area contributed by atoms with Crippen molar-refractivity contribution < 1.29 is 9.84 Å². The second kappa shape index (κ2) is 7.32. The molecular formula is C17H28N2O2. The highest BCUT2D eigenvalue weighted by Crippen LogP contribution is 2.30. The standard InChI is InChI=1S/C17H28N2O2/c20-17-13-14(19-8-10-21-11-9-19)12-16-15(17)6-4-2-1-3-5-7-18-16/h12-13,15-16,18,20H,1-11H2. The molecule has 2 unspecified atom stereocenters. The van der Waals surface area contributed by atoms with Crippen molar-refractivity contribution in [3.05, 3.63) is 23.6 Å². The van der Waals surface area contributed by atoms with Gasteiger partial charge in [-0.15, -0.1) is 0 Å². The zero-order valence-corrected chi connectivity index (χ0v) is 12.9. The van der Waals surface area contributed by atoms with E-state index in [1.165, 1.54) is 37.8 Å². The molecule has 0 spiro atoms. The van der Waals surface area contributed by atoms with E-state index in [1.807, 2.05) is 6.08 Å². The molecule has 2 heterocycles. The Kier molecular flexibility index (Phi) is 5.20. The molecule has 2 N–H and O–H groups in total. The Morgan fingerprint density at radius 1 is 1.10 bits per heavy atom. The number of hydrogen-bond donors (Lipinski definition) is 2. The zero-order valence-electron chi connectivity index (χ0n) is 12.9. The first kappa shape index (κ1) is 14.9. The molecule has 118 valence electrons. The summed E-state index contributed by atoms with van der Waals surface area (Å²) in [6.45, 7) is 4.47. The molecule has 21 heavy (non-hydrogen) atoms. The Morgan fingerprint density at radius 3 is 2.71 bits per heavy atom. The van der Waals surface area contributed by atoms with Gasteiger partial charge in [0.2, 0.25) is 0 Å². The van der Waals surface area contributed by atoms with E-state index in [9.17, 15) is 5.11 Å². The first-order chi connectivity index (χ1) is 10.3. The molecule has 4 heteroatoms. The predicted molar refractivity (Wildman–Crippen MR) is 84.2 cm³/mol. The van der Waals surface area contributed by atoms with E-state index in [4.69, 9.17) is 4.74 Å². The summed E-state index contributed by atoms with van der Waals surface area (Å²) in [5.74, 6) is 0.824. The molecule has 3 rings (SSSR count). The lowest BCUT2D eigenvalue weighted by molar-refractivity contribution is 0.0542. The van der Waals surface area contributed by atoms with Gasteiger partial charge in [0.25, 0.3) is 0 Å². The van der Waals surface area contributed by atoms with Gasteiger partial charge >= 0.3 is 0 Å². The van der Waals surface area contributed by atoms with Crippen LogP contribution in [-0.4, -0.2) is 48.9 Å². The third-order valence-corrected chi connectivity index (χ3v) is 4.91. The van der Waals surface area contributed by atoms with Crippen LogP contribution in [0.3, 0.4) is 0 Å². The number of rotatable bonds is 1. The third-order valence-electron chi connectivity index (χ3n) is 4.91. The number of hydrogen-bond acceptors (Lipinski definition) is 4. The number of aliphatic hydroxyl groups excluding tert-OH is 1. The van der Waals surface area contributed by atoms with Gasteiger partial charge < -0.3 is 20.1 Å². The summed E-state index contributed by atoms with van der Waals surface area (Å²) in [5.41, 5.74) is 1.17. The molecule has 0 amide bonds. The van der Waals surface area contributed by atoms with Gasteiger partial charge in [0, 0.05) is 30.7 Å². The minimum atomic E-state index is 0.257. The summed E-state index contributed by atoms with van der Waals surface area (Å²) in [5, 5.41) is 14.2. The molecule has 0 aromatic carbocycles. The number of nitrogens with zero attached hydrogens (tertiary/aromatic N) is 1. The van der Waals surface area contributed by atoms with Crippen molar-refractivity contribution in [2.24, 2.45) is 5.92 Å². The minimum absolute atomic E-state index is 0.257. The van der Waals surface area contributed by atoms with Crippen LogP contribution >= 0.6 is 0 Å². The summed E-state index contributed by atoms with van der Waals surface area (Å²) in [4.78, 5) is 2.33. The summed E-state index contributed by atoms with van der Waals surface area (Å²) < 4.78 is 5.42. The molecule has 1 aliphatic carbocycles. The zero-order chi connectivity index (χ0) is 14.5. The molecule has 3 aliphatic rings. The molecular weight excluding hydrogens is 264 g/mol. The van der Waals surface area contributed by atoms with E-state index >= 15 is 0 Å². The van der Waals surface area contributed by atoms with Crippen molar-refractivity contribution in [1.82, 2.24) is 10.2 Å².